The fourth-order valence-corrected chi connectivity index (χ4v) is 2.11. The smallest absolute Gasteiger partial charge is 0.192 e. The van der Waals surface area contributed by atoms with Gasteiger partial charge in [0, 0.05) is 3.57 Å². The molecular weight excluding hydrogens is 363 g/mol. The fourth-order valence-electron chi connectivity index (χ4n) is 1.18. The maximum Gasteiger partial charge on any atom is 0.418 e. The van der Waals surface area contributed by atoms with Crippen molar-refractivity contribution in [3.05, 3.63) is 32.4 Å². The Morgan fingerprint density at radius 1 is 1.00 bits per heavy atom. The van der Waals surface area contributed by atoms with Crippen LogP contribution in [0.25, 0.3) is 0 Å². The molecule has 1 aromatic carbocycles. The second kappa shape index (κ2) is 4.36. The molecule has 1 aromatic rings. The second-order valence-electron chi connectivity index (χ2n) is 2.99. The minimum Gasteiger partial charge on any atom is -0.192 e. The summed E-state index contributed by atoms with van der Waals surface area (Å²) >= 11 is 1.13. The minimum absolute atomic E-state index is 0.199. The molecule has 0 aromatic heterocycles. The van der Waals surface area contributed by atoms with E-state index >= 15 is 0 Å². The van der Waals surface area contributed by atoms with Gasteiger partial charge in [-0.2, -0.15) is 31.6 Å². The molecule has 0 atom stereocenters. The van der Waals surface area contributed by atoms with Gasteiger partial charge in [-0.1, -0.05) is 0 Å². The van der Waals surface area contributed by atoms with Crippen LogP contribution in [-0.4, -0.2) is 0 Å². The maximum atomic E-state index is 12.5. The first kappa shape index (κ1) is 14.1. The Bertz CT molecular complexity index is 482. The highest BCUT2D eigenvalue weighted by Crippen LogP contribution is 2.42. The predicted molar refractivity (Wildman–Crippen MR) is 53.9 cm³/mol. The highest BCUT2D eigenvalue weighted by molar-refractivity contribution is 14.1. The summed E-state index contributed by atoms with van der Waals surface area (Å²) in [6, 6.07) is 2.35. The van der Waals surface area contributed by atoms with E-state index in [0.717, 1.165) is 28.7 Å². The van der Waals surface area contributed by atoms with E-state index in [9.17, 15) is 26.3 Å². The molecular formula is C9H2F6IN. The molecule has 0 heterocycles. The van der Waals surface area contributed by atoms with Crippen molar-refractivity contribution >= 4 is 22.6 Å². The Morgan fingerprint density at radius 2 is 1.53 bits per heavy atom. The van der Waals surface area contributed by atoms with E-state index in [-0.39, 0.29) is 6.07 Å². The van der Waals surface area contributed by atoms with Gasteiger partial charge in [0.2, 0.25) is 0 Å². The van der Waals surface area contributed by atoms with Gasteiger partial charge in [0.25, 0.3) is 0 Å². The fraction of sp³-hybridized carbons (Fsp3) is 0.222. The second-order valence-corrected chi connectivity index (χ2v) is 4.15. The number of benzene rings is 1. The summed E-state index contributed by atoms with van der Waals surface area (Å²) in [5.41, 5.74) is -4.06. The summed E-state index contributed by atoms with van der Waals surface area (Å²) in [6.45, 7) is 0. The quantitative estimate of drug-likeness (QED) is 0.500. The van der Waals surface area contributed by atoms with Gasteiger partial charge in [-0.3, -0.25) is 0 Å². The Morgan fingerprint density at radius 3 is 1.88 bits per heavy atom. The van der Waals surface area contributed by atoms with Crippen LogP contribution in [-0.2, 0) is 12.4 Å². The number of hydrogen-bond donors (Lipinski definition) is 0. The topological polar surface area (TPSA) is 23.8 Å². The molecule has 0 fully saturated rings. The molecule has 1 nitrogen and oxygen atoms in total. The largest absolute Gasteiger partial charge is 0.418 e. The Balaban J connectivity index is 3.65. The van der Waals surface area contributed by atoms with Gasteiger partial charge in [-0.15, -0.1) is 0 Å². The molecule has 0 bridgehead atoms. The highest BCUT2D eigenvalue weighted by Gasteiger charge is 2.44. The average molecular weight is 365 g/mol. The zero-order valence-corrected chi connectivity index (χ0v) is 9.91. The van der Waals surface area contributed by atoms with Crippen molar-refractivity contribution in [2.45, 2.75) is 12.4 Å². The van der Waals surface area contributed by atoms with Gasteiger partial charge in [-0.05, 0) is 34.7 Å². The van der Waals surface area contributed by atoms with Crippen molar-refractivity contribution in [1.82, 2.24) is 0 Å². The van der Waals surface area contributed by atoms with Gasteiger partial charge >= 0.3 is 12.4 Å². The molecule has 0 unspecified atom stereocenters. The van der Waals surface area contributed by atoms with Crippen LogP contribution >= 0.6 is 22.6 Å². The van der Waals surface area contributed by atoms with Gasteiger partial charge in [0.1, 0.15) is 0 Å². The van der Waals surface area contributed by atoms with Crippen LogP contribution in [0.2, 0.25) is 0 Å². The van der Waals surface area contributed by atoms with E-state index in [4.69, 9.17) is 5.26 Å². The zero-order valence-electron chi connectivity index (χ0n) is 7.75. The van der Waals surface area contributed by atoms with Crippen LogP contribution in [0.3, 0.4) is 0 Å². The number of nitrogens with zero attached hydrogens (tertiary/aromatic N) is 1. The third-order valence-corrected chi connectivity index (χ3v) is 2.66. The van der Waals surface area contributed by atoms with Crippen LogP contribution in [0.5, 0.6) is 0 Å². The molecule has 92 valence electrons. The molecule has 0 saturated heterocycles. The summed E-state index contributed by atoms with van der Waals surface area (Å²) in [5.74, 6) is 0. The van der Waals surface area contributed by atoms with E-state index in [1.165, 1.54) is 6.07 Å². The Kier molecular flexibility index (Phi) is 3.61. The maximum absolute atomic E-state index is 12.5. The van der Waals surface area contributed by atoms with E-state index in [0.29, 0.717) is 0 Å². The standard InChI is InChI=1S/C9H2F6IN/c10-8(11,12)5-1-4(3-17)2-6(16)7(5)9(13,14)15/h1-2H. The molecule has 0 amide bonds. The number of halogens is 7. The molecule has 8 heteroatoms. The number of hydrogen-bond acceptors (Lipinski definition) is 1. The van der Waals surface area contributed by atoms with E-state index in [1.54, 1.807) is 0 Å². The van der Waals surface area contributed by atoms with Gasteiger partial charge in [0.15, 0.2) is 0 Å². The van der Waals surface area contributed by atoms with Crippen LogP contribution in [0.1, 0.15) is 16.7 Å². The van der Waals surface area contributed by atoms with Crippen molar-refractivity contribution in [2.75, 3.05) is 0 Å². The van der Waals surface area contributed by atoms with Gasteiger partial charge < -0.3 is 0 Å². The lowest BCUT2D eigenvalue weighted by Gasteiger charge is -2.17. The van der Waals surface area contributed by atoms with Gasteiger partial charge in [0.05, 0.1) is 22.8 Å². The van der Waals surface area contributed by atoms with Crippen molar-refractivity contribution in [1.29, 1.82) is 5.26 Å². The SMILES string of the molecule is N#Cc1cc(I)c(C(F)(F)F)c(C(F)(F)F)c1. The average Bonchev–Trinajstić information content (AvgIpc) is 2.12. The van der Waals surface area contributed by atoms with Crippen molar-refractivity contribution in [3.8, 4) is 6.07 Å². The van der Waals surface area contributed by atoms with Crippen LogP contribution in [0, 0.1) is 14.9 Å². The molecule has 17 heavy (non-hydrogen) atoms. The molecule has 0 saturated carbocycles. The lowest BCUT2D eigenvalue weighted by molar-refractivity contribution is -0.162. The highest BCUT2D eigenvalue weighted by atomic mass is 127. The molecule has 1 rings (SSSR count). The minimum atomic E-state index is -5.16. The van der Waals surface area contributed by atoms with Crippen molar-refractivity contribution in [2.24, 2.45) is 0 Å². The van der Waals surface area contributed by atoms with Crippen molar-refractivity contribution in [3.63, 3.8) is 0 Å². The van der Waals surface area contributed by atoms with Gasteiger partial charge in [-0.25, -0.2) is 0 Å². The molecule has 0 radical (unpaired) electrons. The molecule has 0 aliphatic heterocycles. The molecule has 0 aliphatic carbocycles. The van der Waals surface area contributed by atoms with E-state index in [2.05, 4.69) is 0 Å². The monoisotopic (exact) mass is 365 g/mol. The first-order valence-electron chi connectivity index (χ1n) is 3.95. The zero-order chi connectivity index (χ0) is 13.4. The number of rotatable bonds is 0. The summed E-state index contributed by atoms with van der Waals surface area (Å²) in [4.78, 5) is 0. The summed E-state index contributed by atoms with van der Waals surface area (Å²) in [7, 11) is 0. The van der Waals surface area contributed by atoms with Crippen molar-refractivity contribution < 1.29 is 26.3 Å². The predicted octanol–water partition coefficient (Wildman–Crippen LogP) is 4.20. The summed E-state index contributed by atoms with van der Waals surface area (Å²) in [6.07, 6.45) is -10.3. The van der Waals surface area contributed by atoms with E-state index < -0.39 is 32.6 Å². The Labute approximate surface area is 105 Å². The lowest BCUT2D eigenvalue weighted by atomic mass is 10.0. The summed E-state index contributed by atoms with van der Waals surface area (Å²) < 4.78 is 74.2. The normalized spacial score (nSPS) is 12.4. The molecule has 0 spiro atoms. The molecule has 0 aliphatic rings. The third kappa shape index (κ3) is 3.02. The number of nitriles is 1. The van der Waals surface area contributed by atoms with E-state index in [1.807, 2.05) is 0 Å². The first-order valence-corrected chi connectivity index (χ1v) is 5.03. The van der Waals surface area contributed by atoms with Crippen LogP contribution in [0.15, 0.2) is 12.1 Å². The van der Waals surface area contributed by atoms with Crippen LogP contribution < -0.4 is 0 Å². The summed E-state index contributed by atoms with van der Waals surface area (Å²) in [5, 5.41) is 8.44. The Hall–Kier alpha value is -0.980. The third-order valence-electron chi connectivity index (χ3n) is 1.81. The number of alkyl halides is 6. The van der Waals surface area contributed by atoms with Crippen LogP contribution in [0.4, 0.5) is 26.3 Å². The first-order chi connectivity index (χ1) is 7.57. The lowest BCUT2D eigenvalue weighted by Crippen LogP contribution is -2.18. The molecule has 0 N–H and O–H groups in total.